The first-order valence-corrected chi connectivity index (χ1v) is 7.56. The number of halogens is 1. The van der Waals surface area contributed by atoms with Gasteiger partial charge in [0.1, 0.15) is 0 Å². The van der Waals surface area contributed by atoms with E-state index in [-0.39, 0.29) is 5.91 Å². The molecule has 3 nitrogen and oxygen atoms in total. The van der Waals surface area contributed by atoms with Crippen LogP contribution in [0.4, 0.5) is 5.69 Å². The predicted octanol–water partition coefficient (Wildman–Crippen LogP) is 4.51. The minimum Gasteiger partial charge on any atom is -0.325 e. The topological polar surface area (TPSA) is 52.9 Å². The van der Waals surface area contributed by atoms with E-state index in [4.69, 9.17) is 16.9 Å². The van der Waals surface area contributed by atoms with Gasteiger partial charge in [0.15, 0.2) is 0 Å². The van der Waals surface area contributed by atoms with Crippen molar-refractivity contribution < 1.29 is 4.79 Å². The maximum atomic E-state index is 11.9. The Morgan fingerprint density at radius 1 is 1.35 bits per heavy atom. The Balaban J connectivity index is 1.83. The standard InChI is InChI=1S/C16H19ClN2O/c17-14-10-13(11-18)6-8-15(14)19-16(20)9-7-12-4-2-1-3-5-12/h6,8,10,12H,1-5,7,9H2,(H,19,20). The number of nitriles is 1. The SMILES string of the molecule is N#Cc1ccc(NC(=O)CCC2CCCCC2)c(Cl)c1. The number of carbonyl (C=O) groups excluding carboxylic acids is 1. The molecular weight excluding hydrogens is 272 g/mol. The molecule has 0 aliphatic heterocycles. The van der Waals surface area contributed by atoms with Crippen LogP contribution in [-0.4, -0.2) is 5.91 Å². The fraction of sp³-hybridized carbons (Fsp3) is 0.500. The molecule has 1 fully saturated rings. The van der Waals surface area contributed by atoms with E-state index >= 15 is 0 Å². The zero-order chi connectivity index (χ0) is 14.4. The number of carbonyl (C=O) groups is 1. The maximum absolute atomic E-state index is 11.9. The maximum Gasteiger partial charge on any atom is 0.224 e. The van der Waals surface area contributed by atoms with Crippen LogP contribution >= 0.6 is 11.6 Å². The number of benzene rings is 1. The monoisotopic (exact) mass is 290 g/mol. The first kappa shape index (κ1) is 14.9. The summed E-state index contributed by atoms with van der Waals surface area (Å²) in [6, 6.07) is 6.92. The largest absolute Gasteiger partial charge is 0.325 e. The molecule has 106 valence electrons. The molecule has 1 aliphatic carbocycles. The molecule has 1 amide bonds. The van der Waals surface area contributed by atoms with E-state index in [1.54, 1.807) is 18.2 Å². The Hall–Kier alpha value is -1.53. The molecule has 20 heavy (non-hydrogen) atoms. The van der Waals surface area contributed by atoms with Gasteiger partial charge in [-0.15, -0.1) is 0 Å². The molecule has 1 aromatic carbocycles. The van der Waals surface area contributed by atoms with Crippen molar-refractivity contribution in [3.05, 3.63) is 28.8 Å². The van der Waals surface area contributed by atoms with E-state index in [1.165, 1.54) is 32.1 Å². The molecular formula is C16H19ClN2O. The normalized spacial score (nSPS) is 15.6. The molecule has 4 heteroatoms. The van der Waals surface area contributed by atoms with Crippen molar-refractivity contribution in [1.29, 1.82) is 5.26 Å². The van der Waals surface area contributed by atoms with Crippen molar-refractivity contribution >= 4 is 23.2 Å². The Kier molecular flexibility index (Phi) is 5.43. The number of amides is 1. The lowest BCUT2D eigenvalue weighted by Gasteiger charge is -2.21. The van der Waals surface area contributed by atoms with Crippen LogP contribution in [0.3, 0.4) is 0 Å². The zero-order valence-corrected chi connectivity index (χ0v) is 12.2. The van der Waals surface area contributed by atoms with E-state index in [0.717, 1.165) is 6.42 Å². The number of nitrogens with zero attached hydrogens (tertiary/aromatic N) is 1. The molecule has 1 aliphatic rings. The molecule has 1 aromatic rings. The van der Waals surface area contributed by atoms with Crippen LogP contribution in [-0.2, 0) is 4.79 Å². The summed E-state index contributed by atoms with van der Waals surface area (Å²) in [5, 5.41) is 12.0. The van der Waals surface area contributed by atoms with Gasteiger partial charge in [-0.25, -0.2) is 0 Å². The highest BCUT2D eigenvalue weighted by Crippen LogP contribution is 2.28. The third-order valence-corrected chi connectivity index (χ3v) is 4.19. The minimum atomic E-state index is 0.00202. The number of hydrogen-bond donors (Lipinski definition) is 1. The van der Waals surface area contributed by atoms with Crippen molar-refractivity contribution in [1.82, 2.24) is 0 Å². The summed E-state index contributed by atoms with van der Waals surface area (Å²) in [6.45, 7) is 0. The summed E-state index contributed by atoms with van der Waals surface area (Å²) in [5.74, 6) is 0.702. The van der Waals surface area contributed by atoms with Gasteiger partial charge < -0.3 is 5.32 Å². The first-order chi connectivity index (χ1) is 9.69. The number of anilines is 1. The summed E-state index contributed by atoms with van der Waals surface area (Å²) >= 11 is 6.04. The van der Waals surface area contributed by atoms with Crippen LogP contribution in [0, 0.1) is 17.2 Å². The Labute approximate surface area is 124 Å². The summed E-state index contributed by atoms with van der Waals surface area (Å²) in [6.07, 6.45) is 7.95. The lowest BCUT2D eigenvalue weighted by Crippen LogP contribution is -2.15. The van der Waals surface area contributed by atoms with E-state index < -0.39 is 0 Å². The van der Waals surface area contributed by atoms with Crippen LogP contribution in [0.5, 0.6) is 0 Å². The second-order valence-electron chi connectivity index (χ2n) is 5.40. The van der Waals surface area contributed by atoms with Crippen LogP contribution in [0.1, 0.15) is 50.5 Å². The van der Waals surface area contributed by atoms with Crippen molar-refractivity contribution in [2.45, 2.75) is 44.9 Å². The molecule has 0 atom stereocenters. The first-order valence-electron chi connectivity index (χ1n) is 7.18. The van der Waals surface area contributed by atoms with Crippen molar-refractivity contribution in [2.75, 3.05) is 5.32 Å². The van der Waals surface area contributed by atoms with Gasteiger partial charge in [-0.05, 0) is 30.5 Å². The van der Waals surface area contributed by atoms with Crippen LogP contribution in [0.15, 0.2) is 18.2 Å². The third kappa shape index (κ3) is 4.25. The molecule has 0 saturated heterocycles. The van der Waals surface area contributed by atoms with E-state index in [9.17, 15) is 4.79 Å². The second kappa shape index (κ2) is 7.31. The van der Waals surface area contributed by atoms with E-state index in [2.05, 4.69) is 5.32 Å². The second-order valence-corrected chi connectivity index (χ2v) is 5.80. The highest BCUT2D eigenvalue weighted by molar-refractivity contribution is 6.33. The van der Waals surface area contributed by atoms with Gasteiger partial charge >= 0.3 is 0 Å². The average molecular weight is 291 g/mol. The van der Waals surface area contributed by atoms with Gasteiger partial charge in [-0.2, -0.15) is 5.26 Å². The highest BCUT2D eigenvalue weighted by atomic mass is 35.5. The Morgan fingerprint density at radius 2 is 2.10 bits per heavy atom. The molecule has 0 spiro atoms. The molecule has 2 rings (SSSR count). The number of hydrogen-bond acceptors (Lipinski definition) is 2. The number of nitrogens with one attached hydrogen (secondary N) is 1. The Morgan fingerprint density at radius 3 is 2.75 bits per heavy atom. The fourth-order valence-electron chi connectivity index (χ4n) is 2.71. The quantitative estimate of drug-likeness (QED) is 0.887. The van der Waals surface area contributed by atoms with Crippen LogP contribution in [0.25, 0.3) is 0 Å². The lowest BCUT2D eigenvalue weighted by atomic mass is 9.86. The van der Waals surface area contributed by atoms with Gasteiger partial charge in [0.05, 0.1) is 22.3 Å². The van der Waals surface area contributed by atoms with Gasteiger partial charge in [0, 0.05) is 6.42 Å². The molecule has 0 radical (unpaired) electrons. The summed E-state index contributed by atoms with van der Waals surface area (Å²) in [5.41, 5.74) is 1.08. The van der Waals surface area contributed by atoms with Gasteiger partial charge in [0.2, 0.25) is 5.91 Å². The van der Waals surface area contributed by atoms with Gasteiger partial charge in [0.25, 0.3) is 0 Å². The Bertz CT molecular complexity index is 516. The molecule has 1 N–H and O–H groups in total. The van der Waals surface area contributed by atoms with Crippen molar-refractivity contribution in [3.8, 4) is 6.07 Å². The van der Waals surface area contributed by atoms with Gasteiger partial charge in [-0.1, -0.05) is 43.7 Å². The van der Waals surface area contributed by atoms with Crippen LogP contribution in [0.2, 0.25) is 5.02 Å². The minimum absolute atomic E-state index is 0.00202. The molecule has 0 aromatic heterocycles. The molecule has 0 bridgehead atoms. The fourth-order valence-corrected chi connectivity index (χ4v) is 2.94. The highest BCUT2D eigenvalue weighted by Gasteiger charge is 2.15. The third-order valence-electron chi connectivity index (χ3n) is 3.88. The lowest BCUT2D eigenvalue weighted by molar-refractivity contribution is -0.116. The predicted molar refractivity (Wildman–Crippen MR) is 80.6 cm³/mol. The number of rotatable bonds is 4. The molecule has 0 unspecified atom stereocenters. The average Bonchev–Trinajstić information content (AvgIpc) is 2.48. The van der Waals surface area contributed by atoms with E-state index in [0.29, 0.717) is 28.6 Å². The summed E-state index contributed by atoms with van der Waals surface area (Å²) in [4.78, 5) is 11.9. The molecule has 0 heterocycles. The van der Waals surface area contributed by atoms with Crippen molar-refractivity contribution in [3.63, 3.8) is 0 Å². The summed E-state index contributed by atoms with van der Waals surface area (Å²) < 4.78 is 0. The van der Waals surface area contributed by atoms with Gasteiger partial charge in [-0.3, -0.25) is 4.79 Å². The molecule has 1 saturated carbocycles. The summed E-state index contributed by atoms with van der Waals surface area (Å²) in [7, 11) is 0. The smallest absolute Gasteiger partial charge is 0.224 e. The van der Waals surface area contributed by atoms with Crippen molar-refractivity contribution in [2.24, 2.45) is 5.92 Å². The van der Waals surface area contributed by atoms with Crippen LogP contribution < -0.4 is 5.32 Å². The van der Waals surface area contributed by atoms with E-state index in [1.807, 2.05) is 6.07 Å². The zero-order valence-electron chi connectivity index (χ0n) is 11.5.